The Morgan fingerprint density at radius 2 is 0.971 bits per heavy atom. The van der Waals surface area contributed by atoms with E-state index in [1.807, 2.05) is 0 Å². The van der Waals surface area contributed by atoms with E-state index < -0.39 is 0 Å². The number of fused-ring (bicyclic) bond motifs is 3. The van der Waals surface area contributed by atoms with Crippen molar-refractivity contribution in [2.24, 2.45) is 0 Å². The monoisotopic (exact) mass is 463 g/mol. The Labute approximate surface area is 208 Å². The molecule has 0 aliphatic carbocycles. The molecule has 1 aromatic heterocycles. The maximum absolute atomic E-state index is 4.95. The molecule has 0 amide bonds. The van der Waals surface area contributed by atoms with Gasteiger partial charge in [0.1, 0.15) is 5.01 Å². The number of aromatic nitrogens is 1. The van der Waals surface area contributed by atoms with E-state index in [9.17, 15) is 0 Å². The molecule has 7 rings (SSSR count). The van der Waals surface area contributed by atoms with Gasteiger partial charge in [-0.1, -0.05) is 109 Å². The summed E-state index contributed by atoms with van der Waals surface area (Å²) in [7, 11) is 0. The van der Waals surface area contributed by atoms with Gasteiger partial charge in [-0.05, 0) is 62.0 Å². The van der Waals surface area contributed by atoms with Crippen molar-refractivity contribution in [3.8, 4) is 32.8 Å². The SMILES string of the molecule is c1ccc(-c2c3ccccc3c(-c3ccccc3)c3cc(-c4nc5ccccc5s4)ccc23)cc1. The van der Waals surface area contributed by atoms with Crippen LogP contribution < -0.4 is 0 Å². The average Bonchev–Trinajstić information content (AvgIpc) is 3.37. The first-order chi connectivity index (χ1) is 17.4. The van der Waals surface area contributed by atoms with Gasteiger partial charge in [-0.2, -0.15) is 0 Å². The second-order valence-corrected chi connectivity index (χ2v) is 9.81. The van der Waals surface area contributed by atoms with Crippen molar-refractivity contribution in [1.82, 2.24) is 4.98 Å². The number of nitrogens with zero attached hydrogens (tertiary/aromatic N) is 1. The molecule has 0 atom stereocenters. The summed E-state index contributed by atoms with van der Waals surface area (Å²) in [5.74, 6) is 0. The van der Waals surface area contributed by atoms with Crippen molar-refractivity contribution < 1.29 is 0 Å². The quantitative estimate of drug-likeness (QED) is 0.238. The number of para-hydroxylation sites is 1. The van der Waals surface area contributed by atoms with Gasteiger partial charge in [0.05, 0.1) is 10.2 Å². The van der Waals surface area contributed by atoms with Crippen LogP contribution in [0.5, 0.6) is 0 Å². The second kappa shape index (κ2) is 8.19. The van der Waals surface area contributed by atoms with Crippen LogP contribution in [0, 0.1) is 0 Å². The fourth-order valence-electron chi connectivity index (χ4n) is 5.14. The van der Waals surface area contributed by atoms with E-state index >= 15 is 0 Å². The van der Waals surface area contributed by atoms with Gasteiger partial charge in [0.25, 0.3) is 0 Å². The first-order valence-corrected chi connectivity index (χ1v) is 12.6. The molecule has 2 heteroatoms. The number of thiazole rings is 1. The van der Waals surface area contributed by atoms with E-state index in [2.05, 4.69) is 127 Å². The number of hydrogen-bond donors (Lipinski definition) is 0. The molecule has 0 aliphatic heterocycles. The van der Waals surface area contributed by atoms with Gasteiger partial charge in [0, 0.05) is 5.56 Å². The molecule has 1 nitrogen and oxygen atoms in total. The molecule has 0 radical (unpaired) electrons. The Kier molecular flexibility index (Phi) is 4.71. The molecular formula is C33H21NS. The highest BCUT2D eigenvalue weighted by Crippen LogP contribution is 2.45. The molecular weight excluding hydrogens is 442 g/mol. The van der Waals surface area contributed by atoms with E-state index in [0.29, 0.717) is 0 Å². The third-order valence-electron chi connectivity index (χ3n) is 6.69. The minimum Gasteiger partial charge on any atom is -0.236 e. The van der Waals surface area contributed by atoms with Crippen molar-refractivity contribution in [2.75, 3.05) is 0 Å². The summed E-state index contributed by atoms with van der Waals surface area (Å²) in [6.07, 6.45) is 0. The van der Waals surface area contributed by atoms with E-state index in [1.54, 1.807) is 11.3 Å². The van der Waals surface area contributed by atoms with Crippen molar-refractivity contribution >= 4 is 43.1 Å². The molecule has 35 heavy (non-hydrogen) atoms. The maximum atomic E-state index is 4.95. The van der Waals surface area contributed by atoms with Gasteiger partial charge in [0.15, 0.2) is 0 Å². The smallest absolute Gasteiger partial charge is 0.124 e. The summed E-state index contributed by atoms with van der Waals surface area (Å²) in [5.41, 5.74) is 7.24. The Balaban J connectivity index is 1.62. The lowest BCUT2D eigenvalue weighted by molar-refractivity contribution is 1.48. The van der Waals surface area contributed by atoms with Gasteiger partial charge < -0.3 is 0 Å². The fourth-order valence-corrected chi connectivity index (χ4v) is 6.10. The zero-order valence-electron chi connectivity index (χ0n) is 19.0. The van der Waals surface area contributed by atoms with Crippen molar-refractivity contribution in [3.05, 3.63) is 127 Å². The van der Waals surface area contributed by atoms with Crippen LogP contribution in [-0.4, -0.2) is 4.98 Å². The summed E-state index contributed by atoms with van der Waals surface area (Å²) in [4.78, 5) is 4.95. The molecule has 7 aromatic rings. The van der Waals surface area contributed by atoms with Crippen LogP contribution in [0.15, 0.2) is 127 Å². The van der Waals surface area contributed by atoms with Crippen LogP contribution in [0.2, 0.25) is 0 Å². The van der Waals surface area contributed by atoms with E-state index in [-0.39, 0.29) is 0 Å². The van der Waals surface area contributed by atoms with E-state index in [0.717, 1.165) is 16.1 Å². The van der Waals surface area contributed by atoms with Crippen LogP contribution >= 0.6 is 11.3 Å². The minimum absolute atomic E-state index is 1.05. The molecule has 0 aliphatic rings. The first kappa shape index (κ1) is 20.1. The summed E-state index contributed by atoms with van der Waals surface area (Å²) in [6.45, 7) is 0. The fraction of sp³-hybridized carbons (Fsp3) is 0. The van der Waals surface area contributed by atoms with Crippen LogP contribution in [0.25, 0.3) is 64.6 Å². The molecule has 0 spiro atoms. The van der Waals surface area contributed by atoms with Crippen LogP contribution in [0.3, 0.4) is 0 Å². The molecule has 0 unspecified atom stereocenters. The number of hydrogen-bond acceptors (Lipinski definition) is 2. The average molecular weight is 464 g/mol. The molecule has 0 bridgehead atoms. The summed E-state index contributed by atoms with van der Waals surface area (Å²) in [6, 6.07) is 45.5. The lowest BCUT2D eigenvalue weighted by Gasteiger charge is -2.18. The topological polar surface area (TPSA) is 12.9 Å². The van der Waals surface area contributed by atoms with Crippen molar-refractivity contribution in [2.45, 2.75) is 0 Å². The van der Waals surface area contributed by atoms with Gasteiger partial charge in [-0.3, -0.25) is 0 Å². The lowest BCUT2D eigenvalue weighted by Crippen LogP contribution is -1.91. The zero-order valence-corrected chi connectivity index (χ0v) is 19.8. The number of rotatable bonds is 3. The molecule has 0 fully saturated rings. The van der Waals surface area contributed by atoms with Crippen LogP contribution in [0.4, 0.5) is 0 Å². The molecule has 0 saturated carbocycles. The molecule has 1 heterocycles. The van der Waals surface area contributed by atoms with Gasteiger partial charge in [0.2, 0.25) is 0 Å². The molecule has 0 N–H and O–H groups in total. The standard InChI is InChI=1S/C33H21NS/c1-3-11-22(12-4-1)31-25-15-7-8-16-26(25)32(23-13-5-2-6-14-23)28-21-24(19-20-27(28)31)33-34-29-17-9-10-18-30(29)35-33/h1-21H. The minimum atomic E-state index is 1.05. The molecule has 164 valence electrons. The predicted molar refractivity (Wildman–Crippen MR) is 151 cm³/mol. The zero-order chi connectivity index (χ0) is 23.2. The normalized spacial score (nSPS) is 11.4. The Morgan fingerprint density at radius 1 is 0.429 bits per heavy atom. The third-order valence-corrected chi connectivity index (χ3v) is 7.78. The number of benzene rings is 6. The highest BCUT2D eigenvalue weighted by molar-refractivity contribution is 7.21. The third kappa shape index (κ3) is 3.34. The van der Waals surface area contributed by atoms with Crippen LogP contribution in [-0.2, 0) is 0 Å². The van der Waals surface area contributed by atoms with Crippen LogP contribution in [0.1, 0.15) is 0 Å². The van der Waals surface area contributed by atoms with E-state index in [1.165, 1.54) is 48.5 Å². The predicted octanol–water partition coefficient (Wildman–Crippen LogP) is 9.60. The Hall–Kier alpha value is -4.27. The highest BCUT2D eigenvalue weighted by Gasteiger charge is 2.17. The Morgan fingerprint density at radius 3 is 1.63 bits per heavy atom. The molecule has 6 aromatic carbocycles. The van der Waals surface area contributed by atoms with Crippen molar-refractivity contribution in [1.29, 1.82) is 0 Å². The second-order valence-electron chi connectivity index (χ2n) is 8.77. The molecule has 0 saturated heterocycles. The lowest BCUT2D eigenvalue weighted by atomic mass is 9.85. The van der Waals surface area contributed by atoms with Gasteiger partial charge in [-0.25, -0.2) is 4.98 Å². The summed E-state index contributed by atoms with van der Waals surface area (Å²) >= 11 is 1.75. The summed E-state index contributed by atoms with van der Waals surface area (Å²) < 4.78 is 1.22. The van der Waals surface area contributed by atoms with Gasteiger partial charge in [-0.15, -0.1) is 11.3 Å². The largest absolute Gasteiger partial charge is 0.236 e. The first-order valence-electron chi connectivity index (χ1n) is 11.8. The van der Waals surface area contributed by atoms with Gasteiger partial charge >= 0.3 is 0 Å². The highest BCUT2D eigenvalue weighted by atomic mass is 32.1. The summed E-state index contributed by atoms with van der Waals surface area (Å²) in [5, 5.41) is 6.12. The Bertz CT molecular complexity index is 1800. The van der Waals surface area contributed by atoms with Crippen molar-refractivity contribution in [3.63, 3.8) is 0 Å². The van der Waals surface area contributed by atoms with E-state index in [4.69, 9.17) is 4.98 Å². The maximum Gasteiger partial charge on any atom is 0.124 e.